The first-order valence-electron chi connectivity index (χ1n) is 6.55. The summed E-state index contributed by atoms with van der Waals surface area (Å²) in [6, 6.07) is 15.9. The molecular formula is C15H13N5O3. The van der Waals surface area contributed by atoms with Crippen molar-refractivity contribution in [1.29, 1.82) is 5.26 Å². The van der Waals surface area contributed by atoms with Gasteiger partial charge in [-0.05, 0) is 12.1 Å². The molecule has 1 amide bonds. The summed E-state index contributed by atoms with van der Waals surface area (Å²) in [4.78, 5) is 19.7. The number of hydrogen-bond donors (Lipinski definition) is 3. The van der Waals surface area contributed by atoms with Gasteiger partial charge in [0.15, 0.2) is 12.3 Å². The Kier molecular flexibility index (Phi) is 5.48. The normalized spacial score (nSPS) is 10.5. The van der Waals surface area contributed by atoms with Gasteiger partial charge in [-0.3, -0.25) is 5.43 Å². The second-order valence-electron chi connectivity index (χ2n) is 4.26. The number of hydrazine groups is 1. The number of oxime groups is 1. The van der Waals surface area contributed by atoms with E-state index in [1.54, 1.807) is 42.5 Å². The van der Waals surface area contributed by atoms with Crippen molar-refractivity contribution in [3.63, 3.8) is 0 Å². The third kappa shape index (κ3) is 5.02. The molecule has 1 aromatic carbocycles. The molecule has 0 aliphatic heterocycles. The Morgan fingerprint density at radius 1 is 1.26 bits per heavy atom. The molecule has 116 valence electrons. The molecule has 23 heavy (non-hydrogen) atoms. The predicted molar refractivity (Wildman–Crippen MR) is 82.4 cm³/mol. The molecule has 0 bridgehead atoms. The molecule has 0 saturated heterocycles. The predicted octanol–water partition coefficient (Wildman–Crippen LogP) is 2.12. The summed E-state index contributed by atoms with van der Waals surface area (Å²) in [5.74, 6) is 0.320. The van der Waals surface area contributed by atoms with Gasteiger partial charge in [0.05, 0.1) is 5.69 Å². The highest BCUT2D eigenvalue weighted by atomic mass is 16.6. The molecular weight excluding hydrogens is 298 g/mol. The van der Waals surface area contributed by atoms with Crippen LogP contribution in [0.25, 0.3) is 0 Å². The van der Waals surface area contributed by atoms with Crippen molar-refractivity contribution in [3.05, 3.63) is 59.8 Å². The van der Waals surface area contributed by atoms with Gasteiger partial charge < -0.3 is 9.94 Å². The highest BCUT2D eigenvalue weighted by Gasteiger charge is 2.03. The lowest BCUT2D eigenvalue weighted by atomic mass is 10.1. The average molecular weight is 311 g/mol. The number of aromatic nitrogens is 1. The van der Waals surface area contributed by atoms with Crippen LogP contribution in [0.2, 0.25) is 0 Å². The number of pyridine rings is 1. The van der Waals surface area contributed by atoms with Crippen molar-refractivity contribution >= 4 is 17.6 Å². The van der Waals surface area contributed by atoms with Crippen molar-refractivity contribution < 1.29 is 14.7 Å². The van der Waals surface area contributed by atoms with Crippen LogP contribution in [0, 0.1) is 11.3 Å². The molecule has 8 heteroatoms. The highest BCUT2D eigenvalue weighted by Crippen LogP contribution is 2.06. The minimum Gasteiger partial charge on any atom is -0.464 e. The van der Waals surface area contributed by atoms with Gasteiger partial charge in [0, 0.05) is 5.56 Å². The van der Waals surface area contributed by atoms with E-state index in [1.165, 1.54) is 0 Å². The fraction of sp³-hybridized carbons (Fsp3) is 0.0667. The zero-order valence-electron chi connectivity index (χ0n) is 11.9. The summed E-state index contributed by atoms with van der Waals surface area (Å²) in [7, 11) is 0. The van der Waals surface area contributed by atoms with E-state index in [4.69, 9.17) is 15.2 Å². The lowest BCUT2D eigenvalue weighted by Gasteiger charge is -2.06. The van der Waals surface area contributed by atoms with E-state index in [9.17, 15) is 4.79 Å². The van der Waals surface area contributed by atoms with Crippen LogP contribution in [0.3, 0.4) is 0 Å². The van der Waals surface area contributed by atoms with Crippen LogP contribution in [-0.4, -0.2) is 21.9 Å². The Labute approximate surface area is 132 Å². The Morgan fingerprint density at radius 3 is 2.74 bits per heavy atom. The Bertz CT molecular complexity index is 740. The average Bonchev–Trinajstić information content (AvgIpc) is 2.58. The van der Waals surface area contributed by atoms with Gasteiger partial charge in [0.1, 0.15) is 11.9 Å². The summed E-state index contributed by atoms with van der Waals surface area (Å²) < 4.78 is 0. The van der Waals surface area contributed by atoms with E-state index < -0.39 is 6.09 Å². The molecule has 0 aliphatic carbocycles. The van der Waals surface area contributed by atoms with Gasteiger partial charge in [0.25, 0.3) is 0 Å². The van der Waals surface area contributed by atoms with Crippen LogP contribution in [0.1, 0.15) is 11.3 Å². The Balaban J connectivity index is 1.98. The lowest BCUT2D eigenvalue weighted by molar-refractivity contribution is 0.128. The maximum atomic E-state index is 10.4. The van der Waals surface area contributed by atoms with Crippen LogP contribution >= 0.6 is 0 Å². The monoisotopic (exact) mass is 311 g/mol. The number of benzene rings is 1. The molecule has 2 rings (SSSR count). The van der Waals surface area contributed by atoms with Crippen LogP contribution in [0.15, 0.2) is 53.7 Å². The smallest absolute Gasteiger partial charge is 0.423 e. The summed E-state index contributed by atoms with van der Waals surface area (Å²) in [6.45, 7) is 0.0423. The molecule has 0 radical (unpaired) electrons. The maximum absolute atomic E-state index is 10.4. The van der Waals surface area contributed by atoms with Crippen LogP contribution < -0.4 is 10.9 Å². The molecule has 0 fully saturated rings. The number of anilines is 1. The lowest BCUT2D eigenvalue weighted by Crippen LogP contribution is -2.27. The van der Waals surface area contributed by atoms with Gasteiger partial charge >= 0.3 is 6.09 Å². The quantitative estimate of drug-likeness (QED) is 0.555. The summed E-state index contributed by atoms with van der Waals surface area (Å²) in [5, 5.41) is 21.4. The molecule has 2 aromatic rings. The third-order valence-electron chi connectivity index (χ3n) is 2.63. The number of nitrogens with zero attached hydrogens (tertiary/aromatic N) is 3. The number of carbonyl (C=O) groups is 1. The van der Waals surface area contributed by atoms with E-state index in [2.05, 4.69) is 15.6 Å². The fourth-order valence-electron chi connectivity index (χ4n) is 1.64. The van der Waals surface area contributed by atoms with Crippen molar-refractivity contribution in [1.82, 2.24) is 10.4 Å². The van der Waals surface area contributed by atoms with Crippen molar-refractivity contribution in [3.8, 4) is 6.07 Å². The molecule has 1 heterocycles. The third-order valence-corrected chi connectivity index (χ3v) is 2.63. The number of hydrogen-bond acceptors (Lipinski definition) is 6. The maximum Gasteiger partial charge on any atom is 0.423 e. The highest BCUT2D eigenvalue weighted by molar-refractivity contribution is 6.11. The van der Waals surface area contributed by atoms with E-state index in [0.717, 1.165) is 0 Å². The largest absolute Gasteiger partial charge is 0.464 e. The summed E-state index contributed by atoms with van der Waals surface area (Å²) in [6.07, 6.45) is -1.22. The molecule has 0 aliphatic rings. The number of amides is 1. The van der Waals surface area contributed by atoms with Crippen LogP contribution in [-0.2, 0) is 11.4 Å². The molecule has 0 unspecified atom stereocenters. The molecule has 8 nitrogen and oxygen atoms in total. The van der Waals surface area contributed by atoms with E-state index in [-0.39, 0.29) is 12.3 Å². The fourth-order valence-corrected chi connectivity index (χ4v) is 1.64. The van der Waals surface area contributed by atoms with E-state index >= 15 is 0 Å². The number of nitrogens with one attached hydrogen (secondary N) is 2. The SMILES string of the molecule is N#CC(=NOCc1cccc(NNC(=O)O)n1)c1ccccc1. The first-order valence-corrected chi connectivity index (χ1v) is 6.55. The second kappa shape index (κ2) is 7.99. The zero-order valence-corrected chi connectivity index (χ0v) is 11.9. The van der Waals surface area contributed by atoms with E-state index in [1.807, 2.05) is 17.6 Å². The number of rotatable bonds is 6. The van der Waals surface area contributed by atoms with Crippen molar-refractivity contribution in [2.24, 2.45) is 5.16 Å². The number of carboxylic acid groups (broad SMARTS) is 1. The first kappa shape index (κ1) is 15.8. The number of nitriles is 1. The van der Waals surface area contributed by atoms with Crippen LogP contribution in [0.5, 0.6) is 0 Å². The second-order valence-corrected chi connectivity index (χ2v) is 4.26. The topological polar surface area (TPSA) is 120 Å². The first-order chi connectivity index (χ1) is 11.2. The Morgan fingerprint density at radius 2 is 2.04 bits per heavy atom. The standard InChI is InChI=1S/C15H13N5O3/c16-9-13(11-5-2-1-3-6-11)20-23-10-12-7-4-8-14(17-12)18-19-15(21)22/h1-8,19H,10H2,(H,17,18)(H,21,22). The molecule has 0 saturated carbocycles. The molecule has 0 spiro atoms. The van der Waals surface area contributed by atoms with E-state index in [0.29, 0.717) is 17.1 Å². The summed E-state index contributed by atoms with van der Waals surface area (Å²) >= 11 is 0. The van der Waals surface area contributed by atoms with Gasteiger partial charge in [-0.25, -0.2) is 15.2 Å². The van der Waals surface area contributed by atoms with Gasteiger partial charge in [-0.15, -0.1) is 0 Å². The molecule has 3 N–H and O–H groups in total. The van der Waals surface area contributed by atoms with Gasteiger partial charge in [0.2, 0.25) is 0 Å². The minimum absolute atomic E-state index is 0.0423. The van der Waals surface area contributed by atoms with Crippen molar-refractivity contribution in [2.75, 3.05) is 5.43 Å². The summed E-state index contributed by atoms with van der Waals surface area (Å²) in [5.41, 5.74) is 5.74. The van der Waals surface area contributed by atoms with Gasteiger partial charge in [-0.2, -0.15) is 5.26 Å². The van der Waals surface area contributed by atoms with Gasteiger partial charge in [-0.1, -0.05) is 41.6 Å². The van der Waals surface area contributed by atoms with Crippen LogP contribution in [0.4, 0.5) is 10.6 Å². The Hall–Kier alpha value is -3.60. The van der Waals surface area contributed by atoms with Crippen molar-refractivity contribution in [2.45, 2.75) is 6.61 Å². The minimum atomic E-state index is -1.22. The molecule has 1 aromatic heterocycles. The molecule has 0 atom stereocenters. The zero-order chi connectivity index (χ0) is 16.5.